The number of unbranched alkanes of at least 4 members (excludes halogenated alkanes) is 2. The van der Waals surface area contributed by atoms with Crippen LogP contribution in [-0.4, -0.2) is 41.6 Å². The highest BCUT2D eigenvalue weighted by Gasteiger charge is 2.67. The molecule has 1 aromatic carbocycles. The van der Waals surface area contributed by atoms with Crippen molar-refractivity contribution in [3.05, 3.63) is 47.5 Å². The summed E-state index contributed by atoms with van der Waals surface area (Å²) < 4.78 is 11.6. The van der Waals surface area contributed by atoms with Gasteiger partial charge in [-0.2, -0.15) is 0 Å². The number of carbonyl (C=O) groups excluding carboxylic acids is 2. The van der Waals surface area contributed by atoms with Crippen molar-refractivity contribution in [1.29, 1.82) is 0 Å². The summed E-state index contributed by atoms with van der Waals surface area (Å²) in [6, 6.07) is 8.19. The molecule has 2 bridgehead atoms. The van der Waals surface area contributed by atoms with E-state index < -0.39 is 17.4 Å². The Hall–Kier alpha value is -2.14. The maximum atomic E-state index is 13.1. The smallest absolute Gasteiger partial charge is 0.312 e. The van der Waals surface area contributed by atoms with Crippen molar-refractivity contribution in [2.24, 2.45) is 11.8 Å². The molecule has 0 N–H and O–H groups in total. The second-order valence-corrected chi connectivity index (χ2v) is 7.95. The Morgan fingerprint density at radius 1 is 1.30 bits per heavy atom. The summed E-state index contributed by atoms with van der Waals surface area (Å²) in [6.45, 7) is 5.61. The highest BCUT2D eigenvalue weighted by molar-refractivity contribution is 5.91. The summed E-state index contributed by atoms with van der Waals surface area (Å²) in [5.41, 5.74) is 1.61. The minimum Gasteiger partial charge on any atom is -0.465 e. The van der Waals surface area contributed by atoms with Gasteiger partial charge in [0.15, 0.2) is 0 Å². The quantitative estimate of drug-likeness (QED) is 0.421. The molecule has 1 aromatic rings. The normalized spacial score (nSPS) is 30.8. The Balaban J connectivity index is 1.47. The molecule has 3 aliphatic heterocycles. The lowest BCUT2D eigenvalue weighted by atomic mass is 9.77. The number of hydrogen-bond donors (Lipinski definition) is 0. The van der Waals surface area contributed by atoms with E-state index >= 15 is 0 Å². The van der Waals surface area contributed by atoms with Crippen molar-refractivity contribution >= 4 is 11.9 Å². The summed E-state index contributed by atoms with van der Waals surface area (Å²) in [6.07, 6.45) is 6.55. The molecule has 144 valence electrons. The topological polar surface area (TPSA) is 55.8 Å². The summed E-state index contributed by atoms with van der Waals surface area (Å²) in [4.78, 5) is 27.6. The van der Waals surface area contributed by atoms with Gasteiger partial charge < -0.3 is 14.4 Å². The number of benzene rings is 1. The van der Waals surface area contributed by atoms with E-state index in [1.54, 1.807) is 0 Å². The Kier molecular flexibility index (Phi) is 4.81. The van der Waals surface area contributed by atoms with E-state index in [4.69, 9.17) is 9.47 Å². The molecule has 0 unspecified atom stereocenters. The molecule has 2 fully saturated rings. The molecule has 2 saturated heterocycles. The summed E-state index contributed by atoms with van der Waals surface area (Å²) >= 11 is 0. The lowest BCUT2D eigenvalue weighted by Gasteiger charge is -2.22. The lowest BCUT2D eigenvalue weighted by Crippen LogP contribution is -2.40. The van der Waals surface area contributed by atoms with Crippen LogP contribution >= 0.6 is 0 Å². The van der Waals surface area contributed by atoms with Gasteiger partial charge in [-0.25, -0.2) is 0 Å². The van der Waals surface area contributed by atoms with E-state index in [-0.39, 0.29) is 18.0 Å². The van der Waals surface area contributed by atoms with Crippen LogP contribution in [0.3, 0.4) is 0 Å². The van der Waals surface area contributed by atoms with Gasteiger partial charge in [0.25, 0.3) is 0 Å². The zero-order valence-corrected chi connectivity index (χ0v) is 16.0. The van der Waals surface area contributed by atoms with Crippen molar-refractivity contribution in [2.45, 2.75) is 51.4 Å². The Labute approximate surface area is 160 Å². The van der Waals surface area contributed by atoms with Gasteiger partial charge in [-0.3, -0.25) is 9.59 Å². The maximum absolute atomic E-state index is 13.1. The molecule has 3 heterocycles. The van der Waals surface area contributed by atoms with Crippen molar-refractivity contribution in [1.82, 2.24) is 4.90 Å². The summed E-state index contributed by atoms with van der Waals surface area (Å²) in [5.74, 6) is -1.28. The van der Waals surface area contributed by atoms with Gasteiger partial charge in [0.2, 0.25) is 5.91 Å². The van der Waals surface area contributed by atoms with Crippen LogP contribution in [0.1, 0.15) is 37.3 Å². The average Bonchev–Trinajstić information content (AvgIpc) is 3.29. The first-order chi connectivity index (χ1) is 13.0. The first-order valence-corrected chi connectivity index (χ1v) is 9.92. The Bertz CT molecular complexity index is 756. The molecule has 1 spiro atoms. The molecule has 27 heavy (non-hydrogen) atoms. The summed E-state index contributed by atoms with van der Waals surface area (Å²) in [7, 11) is 0. The fraction of sp³-hybridized carbons (Fsp3) is 0.545. The fourth-order valence-electron chi connectivity index (χ4n) is 4.52. The van der Waals surface area contributed by atoms with Crippen LogP contribution in [0.4, 0.5) is 0 Å². The largest absolute Gasteiger partial charge is 0.465 e. The van der Waals surface area contributed by atoms with Crippen LogP contribution in [-0.2, 0) is 25.6 Å². The van der Waals surface area contributed by atoms with Crippen molar-refractivity contribution in [2.75, 3.05) is 13.2 Å². The van der Waals surface area contributed by atoms with Crippen LogP contribution in [0.25, 0.3) is 0 Å². The molecule has 1 amide bonds. The Morgan fingerprint density at radius 2 is 2.07 bits per heavy atom. The van der Waals surface area contributed by atoms with Gasteiger partial charge in [0, 0.05) is 6.54 Å². The second-order valence-electron chi connectivity index (χ2n) is 7.95. The number of carbonyl (C=O) groups is 2. The van der Waals surface area contributed by atoms with Crippen molar-refractivity contribution in [3.63, 3.8) is 0 Å². The van der Waals surface area contributed by atoms with E-state index in [0.29, 0.717) is 19.7 Å². The van der Waals surface area contributed by atoms with E-state index in [1.807, 2.05) is 48.2 Å². The van der Waals surface area contributed by atoms with Crippen LogP contribution in [0, 0.1) is 18.8 Å². The third-order valence-corrected chi connectivity index (χ3v) is 5.94. The molecule has 4 rings (SSSR count). The maximum Gasteiger partial charge on any atom is 0.312 e. The number of ether oxygens (including phenoxy) is 2. The van der Waals surface area contributed by atoms with E-state index in [9.17, 15) is 9.59 Å². The number of rotatable bonds is 7. The zero-order valence-electron chi connectivity index (χ0n) is 16.0. The molecular weight excluding hydrogens is 342 g/mol. The van der Waals surface area contributed by atoms with Crippen LogP contribution < -0.4 is 0 Å². The Morgan fingerprint density at radius 3 is 2.81 bits per heavy atom. The molecule has 5 heteroatoms. The van der Waals surface area contributed by atoms with Crippen LogP contribution in [0.15, 0.2) is 36.4 Å². The third-order valence-electron chi connectivity index (χ3n) is 5.94. The molecule has 0 saturated carbocycles. The zero-order chi connectivity index (χ0) is 19.0. The number of nitrogens with zero attached hydrogens (tertiary/aromatic N) is 1. The summed E-state index contributed by atoms with van der Waals surface area (Å²) in [5, 5.41) is 0. The number of esters is 1. The van der Waals surface area contributed by atoms with E-state index in [2.05, 4.69) is 6.92 Å². The first kappa shape index (κ1) is 18.2. The van der Waals surface area contributed by atoms with Gasteiger partial charge >= 0.3 is 5.97 Å². The highest BCUT2D eigenvalue weighted by atomic mass is 16.6. The minimum atomic E-state index is -0.667. The number of amides is 1. The molecule has 0 aromatic heterocycles. The van der Waals surface area contributed by atoms with Gasteiger partial charge in [0.1, 0.15) is 11.5 Å². The van der Waals surface area contributed by atoms with Crippen molar-refractivity contribution < 1.29 is 19.1 Å². The van der Waals surface area contributed by atoms with Gasteiger partial charge in [-0.05, 0) is 18.9 Å². The number of hydrogen-bond acceptors (Lipinski definition) is 4. The van der Waals surface area contributed by atoms with Gasteiger partial charge in [-0.15, -0.1) is 0 Å². The fourth-order valence-corrected chi connectivity index (χ4v) is 4.52. The number of aryl methyl sites for hydroxylation is 1. The lowest BCUT2D eigenvalue weighted by molar-refractivity contribution is -0.154. The van der Waals surface area contributed by atoms with Crippen molar-refractivity contribution in [3.8, 4) is 0 Å². The molecule has 0 radical (unpaired) electrons. The van der Waals surface area contributed by atoms with Gasteiger partial charge in [-0.1, -0.05) is 61.7 Å². The molecule has 4 atom stereocenters. The minimum absolute atomic E-state index is 0.00191. The predicted molar refractivity (Wildman–Crippen MR) is 101 cm³/mol. The SMILES string of the molecule is CCCCCOC(=O)[C@H]1[C@H]2C(=O)N(Cc3ccc(C)cc3)C[C@]23C=C[C@H]1O3. The molecule has 0 aliphatic carbocycles. The standard InChI is InChI=1S/C22H27NO4/c1-3-4-5-12-26-21(25)18-17-10-11-22(27-17)14-23(20(24)19(18)22)13-16-8-6-15(2)7-9-16/h6-11,17-19H,3-5,12-14H2,1-2H3/t17-,18-,19+,22-/m1/s1. The van der Waals surface area contributed by atoms with Crippen LogP contribution in [0.5, 0.6) is 0 Å². The number of likely N-dealkylation sites (tertiary alicyclic amines) is 1. The van der Waals surface area contributed by atoms with Gasteiger partial charge in [0.05, 0.1) is 25.2 Å². The monoisotopic (exact) mass is 369 g/mol. The third kappa shape index (κ3) is 3.18. The molecule has 3 aliphatic rings. The van der Waals surface area contributed by atoms with E-state index in [1.165, 1.54) is 5.56 Å². The van der Waals surface area contributed by atoms with E-state index in [0.717, 1.165) is 24.8 Å². The molecule has 5 nitrogen and oxygen atoms in total. The predicted octanol–water partition coefficient (Wildman–Crippen LogP) is 3.01. The van der Waals surface area contributed by atoms with Crippen LogP contribution in [0.2, 0.25) is 0 Å². The first-order valence-electron chi connectivity index (χ1n) is 9.92. The molecular formula is C22H27NO4. The average molecular weight is 369 g/mol. The highest BCUT2D eigenvalue weighted by Crippen LogP contribution is 2.52. The number of fused-ring (bicyclic) bond motifs is 1. The second kappa shape index (κ2) is 7.12.